The Balaban J connectivity index is 2.73. The molecule has 0 saturated heterocycles. The van der Waals surface area contributed by atoms with Gasteiger partial charge in [-0.15, -0.1) is 0 Å². The van der Waals surface area contributed by atoms with Gasteiger partial charge in [0.1, 0.15) is 0 Å². The van der Waals surface area contributed by atoms with E-state index in [0.717, 1.165) is 6.54 Å². The van der Waals surface area contributed by atoms with Gasteiger partial charge in [-0.05, 0) is 30.2 Å². The molecule has 1 aromatic carbocycles. The predicted molar refractivity (Wildman–Crippen MR) is 93.5 cm³/mol. The van der Waals surface area contributed by atoms with E-state index in [4.69, 9.17) is 0 Å². The van der Waals surface area contributed by atoms with Crippen molar-refractivity contribution < 1.29 is 0 Å². The third-order valence-electron chi connectivity index (χ3n) is 3.63. The largest absolute Gasteiger partial charge is 0.309 e. The molecule has 0 aliphatic carbocycles. The first-order valence-electron chi connectivity index (χ1n) is 8.10. The SMILES string of the molecule is CCCCCSC(C(C)C)C(NCC)c1ccccc1. The normalized spacial score (nSPS) is 14.4. The van der Waals surface area contributed by atoms with Crippen LogP contribution in [0.1, 0.15) is 58.6 Å². The van der Waals surface area contributed by atoms with Crippen molar-refractivity contribution in [2.24, 2.45) is 5.92 Å². The number of hydrogen-bond acceptors (Lipinski definition) is 2. The standard InChI is InChI=1S/C18H31NS/c1-5-7-11-14-20-18(15(3)4)17(19-6-2)16-12-9-8-10-13-16/h8-10,12-13,15,17-19H,5-7,11,14H2,1-4H3. The monoisotopic (exact) mass is 293 g/mol. The molecule has 0 fully saturated rings. The topological polar surface area (TPSA) is 12.0 Å². The molecule has 114 valence electrons. The lowest BCUT2D eigenvalue weighted by molar-refractivity contribution is 0.453. The molecule has 0 radical (unpaired) electrons. The maximum Gasteiger partial charge on any atom is 0.0443 e. The smallest absolute Gasteiger partial charge is 0.0443 e. The second kappa shape index (κ2) is 10.3. The maximum atomic E-state index is 3.70. The Kier molecular flexibility index (Phi) is 9.04. The summed E-state index contributed by atoms with van der Waals surface area (Å²) in [6.07, 6.45) is 4.01. The summed E-state index contributed by atoms with van der Waals surface area (Å²) in [5.74, 6) is 1.97. The highest BCUT2D eigenvalue weighted by Crippen LogP contribution is 2.32. The quantitative estimate of drug-likeness (QED) is 0.589. The van der Waals surface area contributed by atoms with Gasteiger partial charge < -0.3 is 5.32 Å². The molecule has 1 aromatic rings. The molecule has 0 aliphatic heterocycles. The number of unbranched alkanes of at least 4 members (excludes halogenated alkanes) is 2. The third kappa shape index (κ3) is 5.88. The predicted octanol–water partition coefficient (Wildman–Crippen LogP) is 5.29. The number of thioether (sulfide) groups is 1. The fraction of sp³-hybridized carbons (Fsp3) is 0.667. The van der Waals surface area contributed by atoms with Crippen molar-refractivity contribution in [3.8, 4) is 0 Å². The first-order valence-corrected chi connectivity index (χ1v) is 9.15. The van der Waals surface area contributed by atoms with Gasteiger partial charge in [0, 0.05) is 11.3 Å². The molecule has 0 spiro atoms. The highest BCUT2D eigenvalue weighted by atomic mass is 32.2. The average molecular weight is 294 g/mol. The molecule has 0 heterocycles. The molecule has 1 nitrogen and oxygen atoms in total. The fourth-order valence-electron chi connectivity index (χ4n) is 2.55. The molecule has 1 N–H and O–H groups in total. The van der Waals surface area contributed by atoms with Gasteiger partial charge >= 0.3 is 0 Å². The van der Waals surface area contributed by atoms with E-state index in [0.29, 0.717) is 17.2 Å². The van der Waals surface area contributed by atoms with E-state index in [1.165, 1.54) is 30.6 Å². The van der Waals surface area contributed by atoms with E-state index in [2.05, 4.69) is 75.1 Å². The molecule has 1 rings (SSSR count). The number of benzene rings is 1. The van der Waals surface area contributed by atoms with Gasteiger partial charge in [0.2, 0.25) is 0 Å². The van der Waals surface area contributed by atoms with Crippen LogP contribution in [-0.2, 0) is 0 Å². The summed E-state index contributed by atoms with van der Waals surface area (Å²) in [6, 6.07) is 11.4. The Morgan fingerprint density at radius 2 is 1.75 bits per heavy atom. The van der Waals surface area contributed by atoms with Crippen LogP contribution in [0.25, 0.3) is 0 Å². The van der Waals surface area contributed by atoms with E-state index < -0.39 is 0 Å². The van der Waals surface area contributed by atoms with Gasteiger partial charge in [-0.2, -0.15) is 11.8 Å². The van der Waals surface area contributed by atoms with Crippen LogP contribution >= 0.6 is 11.8 Å². The zero-order valence-corrected chi connectivity index (χ0v) is 14.4. The van der Waals surface area contributed by atoms with Gasteiger partial charge in [-0.3, -0.25) is 0 Å². The van der Waals surface area contributed by atoms with Crippen LogP contribution in [0.15, 0.2) is 30.3 Å². The van der Waals surface area contributed by atoms with Crippen molar-refractivity contribution in [3.05, 3.63) is 35.9 Å². The molecule has 0 amide bonds. The summed E-state index contributed by atoms with van der Waals surface area (Å²) in [5, 5.41) is 4.35. The van der Waals surface area contributed by atoms with Crippen molar-refractivity contribution in [1.82, 2.24) is 5.32 Å². The van der Waals surface area contributed by atoms with Crippen LogP contribution in [0.3, 0.4) is 0 Å². The van der Waals surface area contributed by atoms with Gasteiger partial charge in [0.25, 0.3) is 0 Å². The molecule has 0 aliphatic rings. The van der Waals surface area contributed by atoms with Crippen molar-refractivity contribution >= 4 is 11.8 Å². The first-order chi connectivity index (χ1) is 9.70. The van der Waals surface area contributed by atoms with E-state index in [1.54, 1.807) is 0 Å². The first kappa shape index (κ1) is 17.6. The van der Waals surface area contributed by atoms with E-state index in [9.17, 15) is 0 Å². The van der Waals surface area contributed by atoms with Gasteiger partial charge in [-0.25, -0.2) is 0 Å². The number of nitrogens with one attached hydrogen (secondary N) is 1. The fourth-order valence-corrected chi connectivity index (χ4v) is 4.02. The Morgan fingerprint density at radius 3 is 2.30 bits per heavy atom. The Bertz CT molecular complexity index is 337. The molecule has 0 bridgehead atoms. The van der Waals surface area contributed by atoms with Crippen molar-refractivity contribution in [2.75, 3.05) is 12.3 Å². The summed E-state index contributed by atoms with van der Waals surface area (Å²) in [7, 11) is 0. The molecular weight excluding hydrogens is 262 g/mol. The Morgan fingerprint density at radius 1 is 1.05 bits per heavy atom. The van der Waals surface area contributed by atoms with Crippen molar-refractivity contribution in [2.45, 2.75) is 58.2 Å². The van der Waals surface area contributed by atoms with Crippen LogP contribution in [0.2, 0.25) is 0 Å². The van der Waals surface area contributed by atoms with Crippen molar-refractivity contribution in [3.63, 3.8) is 0 Å². The minimum atomic E-state index is 0.466. The lowest BCUT2D eigenvalue weighted by Gasteiger charge is -2.31. The molecule has 0 aromatic heterocycles. The van der Waals surface area contributed by atoms with Crippen LogP contribution in [-0.4, -0.2) is 17.5 Å². The summed E-state index contributed by atoms with van der Waals surface area (Å²) >= 11 is 2.15. The van der Waals surface area contributed by atoms with Crippen LogP contribution in [0.4, 0.5) is 0 Å². The second-order valence-electron chi connectivity index (χ2n) is 5.73. The molecule has 2 unspecified atom stereocenters. The average Bonchev–Trinajstić information content (AvgIpc) is 2.46. The second-order valence-corrected chi connectivity index (χ2v) is 7.02. The summed E-state index contributed by atoms with van der Waals surface area (Å²) in [5.41, 5.74) is 1.43. The highest BCUT2D eigenvalue weighted by Gasteiger charge is 2.25. The summed E-state index contributed by atoms with van der Waals surface area (Å²) in [6.45, 7) is 10.2. The molecule has 2 heteroatoms. The summed E-state index contributed by atoms with van der Waals surface area (Å²) in [4.78, 5) is 0. The zero-order valence-electron chi connectivity index (χ0n) is 13.6. The van der Waals surface area contributed by atoms with Gasteiger partial charge in [-0.1, -0.05) is 70.9 Å². The van der Waals surface area contributed by atoms with E-state index in [-0.39, 0.29) is 0 Å². The van der Waals surface area contributed by atoms with Crippen LogP contribution in [0.5, 0.6) is 0 Å². The Labute approximate surface area is 129 Å². The van der Waals surface area contributed by atoms with E-state index in [1.807, 2.05) is 0 Å². The molecule has 2 atom stereocenters. The maximum absolute atomic E-state index is 3.70. The lowest BCUT2D eigenvalue weighted by Crippen LogP contribution is -2.33. The number of hydrogen-bond donors (Lipinski definition) is 1. The van der Waals surface area contributed by atoms with Crippen molar-refractivity contribution in [1.29, 1.82) is 0 Å². The molecule has 0 saturated carbocycles. The molecular formula is C18H31NS. The zero-order chi connectivity index (χ0) is 14.8. The summed E-state index contributed by atoms with van der Waals surface area (Å²) < 4.78 is 0. The third-order valence-corrected chi connectivity index (χ3v) is 5.35. The Hall–Kier alpha value is -0.470. The highest BCUT2D eigenvalue weighted by molar-refractivity contribution is 7.99. The minimum Gasteiger partial charge on any atom is -0.309 e. The van der Waals surface area contributed by atoms with Gasteiger partial charge in [0.05, 0.1) is 0 Å². The van der Waals surface area contributed by atoms with Gasteiger partial charge in [0.15, 0.2) is 0 Å². The lowest BCUT2D eigenvalue weighted by atomic mass is 9.96. The molecule has 20 heavy (non-hydrogen) atoms. The number of rotatable bonds is 10. The van der Waals surface area contributed by atoms with E-state index >= 15 is 0 Å². The van der Waals surface area contributed by atoms with Crippen LogP contribution in [0, 0.1) is 5.92 Å². The van der Waals surface area contributed by atoms with Crippen LogP contribution < -0.4 is 5.32 Å². The minimum absolute atomic E-state index is 0.466.